The first-order valence-corrected chi connectivity index (χ1v) is 14.3. The van der Waals surface area contributed by atoms with Crippen molar-refractivity contribution in [3.63, 3.8) is 0 Å². The van der Waals surface area contributed by atoms with Gasteiger partial charge in [-0.25, -0.2) is 0 Å². The lowest BCUT2D eigenvalue weighted by atomic mass is 9.96. The Morgan fingerprint density at radius 2 is 1.56 bits per heavy atom. The Bertz CT molecular complexity index is 1640. The van der Waals surface area contributed by atoms with Crippen molar-refractivity contribution in [1.29, 1.82) is 0 Å². The summed E-state index contributed by atoms with van der Waals surface area (Å²) in [4.78, 5) is 29.1. The van der Waals surface area contributed by atoms with Crippen LogP contribution < -0.4 is 10.1 Å². The summed E-state index contributed by atoms with van der Waals surface area (Å²) in [6, 6.07) is 10.4. The third-order valence-corrected chi connectivity index (χ3v) is 7.13. The van der Waals surface area contributed by atoms with Crippen molar-refractivity contribution in [1.82, 2.24) is 34.7 Å². The lowest BCUT2D eigenvalue weighted by Crippen LogP contribution is -2.27. The number of aromatic nitrogens is 4. The Labute approximate surface area is 260 Å². The van der Waals surface area contributed by atoms with Gasteiger partial charge in [-0.1, -0.05) is 6.07 Å². The van der Waals surface area contributed by atoms with Crippen LogP contribution in [0.3, 0.4) is 0 Å². The molecule has 240 valence electrons. The summed E-state index contributed by atoms with van der Waals surface area (Å²) in [5.41, 5.74) is 4.47. The maximum Gasteiger partial charge on any atom is 0.408 e. The topological polar surface area (TPSA) is 97.5 Å². The van der Waals surface area contributed by atoms with Gasteiger partial charge in [0, 0.05) is 49.7 Å². The molecular formula is C32H38F3N7O3. The second-order valence-electron chi connectivity index (χ2n) is 11.4. The molecule has 2 aromatic heterocycles. The van der Waals surface area contributed by atoms with Crippen LogP contribution in [0.25, 0.3) is 22.3 Å². The number of benzene rings is 2. The van der Waals surface area contributed by atoms with Gasteiger partial charge in [0.2, 0.25) is 5.91 Å². The van der Waals surface area contributed by atoms with Crippen molar-refractivity contribution < 1.29 is 27.5 Å². The summed E-state index contributed by atoms with van der Waals surface area (Å²) in [7, 11) is 7.22. The standard InChI is InChI=1S/C32H38F3N7O3/c1-21-7-8-28(45-10-9-39(3)4)14-29(21)31(44)38-22(2)23-11-24(26-15-36-41(17-26)19-30(43)40(5)6)13-25(12-23)27-16-37-42(18-27)20-32(33,34)35/h7-8,11-18,22H,9-10,19-20H2,1-6H3,(H,38,44)/t22-/m1/s1. The Balaban J connectivity index is 1.64. The number of nitrogens with zero attached hydrogens (tertiary/aromatic N) is 6. The van der Waals surface area contributed by atoms with Crippen LogP contribution in [0.1, 0.15) is 34.5 Å². The molecule has 13 heteroatoms. The third-order valence-electron chi connectivity index (χ3n) is 7.13. The molecule has 2 amide bonds. The molecule has 4 rings (SSSR count). The highest BCUT2D eigenvalue weighted by Gasteiger charge is 2.28. The Morgan fingerprint density at radius 3 is 2.16 bits per heavy atom. The van der Waals surface area contributed by atoms with Crippen LogP contribution >= 0.6 is 0 Å². The summed E-state index contributed by atoms with van der Waals surface area (Å²) in [5, 5.41) is 11.3. The molecule has 2 aromatic carbocycles. The predicted octanol–water partition coefficient (Wildman–Crippen LogP) is 4.80. The summed E-state index contributed by atoms with van der Waals surface area (Å²) in [6.45, 7) is 3.72. The molecule has 0 spiro atoms. The third kappa shape index (κ3) is 9.17. The highest BCUT2D eigenvalue weighted by Crippen LogP contribution is 2.31. The summed E-state index contributed by atoms with van der Waals surface area (Å²) < 4.78 is 47.2. The lowest BCUT2D eigenvalue weighted by Gasteiger charge is -2.18. The summed E-state index contributed by atoms with van der Waals surface area (Å²) in [5.74, 6) is 0.165. The van der Waals surface area contributed by atoms with E-state index in [1.807, 2.05) is 63.2 Å². The lowest BCUT2D eigenvalue weighted by molar-refractivity contribution is -0.142. The van der Waals surface area contributed by atoms with Gasteiger partial charge in [0.05, 0.1) is 18.4 Å². The molecule has 0 unspecified atom stereocenters. The van der Waals surface area contributed by atoms with Gasteiger partial charge in [0.25, 0.3) is 5.91 Å². The number of likely N-dealkylation sites (N-methyl/N-ethyl adjacent to an activating group) is 2. The van der Waals surface area contributed by atoms with Gasteiger partial charge in [0.15, 0.2) is 0 Å². The maximum atomic E-state index is 13.4. The molecule has 0 radical (unpaired) electrons. The van der Waals surface area contributed by atoms with Gasteiger partial charge in [-0.3, -0.25) is 19.0 Å². The van der Waals surface area contributed by atoms with Gasteiger partial charge in [-0.2, -0.15) is 23.4 Å². The van der Waals surface area contributed by atoms with E-state index in [0.717, 1.165) is 16.8 Å². The van der Waals surface area contributed by atoms with Gasteiger partial charge in [-0.15, -0.1) is 0 Å². The Kier molecular flexibility index (Phi) is 10.3. The molecule has 0 fully saturated rings. The van der Waals surface area contributed by atoms with Crippen molar-refractivity contribution in [2.24, 2.45) is 0 Å². The molecule has 0 saturated carbocycles. The Morgan fingerprint density at radius 1 is 0.933 bits per heavy atom. The zero-order valence-corrected chi connectivity index (χ0v) is 26.2. The monoisotopic (exact) mass is 625 g/mol. The molecule has 45 heavy (non-hydrogen) atoms. The number of nitrogens with one attached hydrogen (secondary N) is 1. The van der Waals surface area contributed by atoms with Crippen molar-refractivity contribution >= 4 is 11.8 Å². The highest BCUT2D eigenvalue weighted by molar-refractivity contribution is 5.96. The van der Waals surface area contributed by atoms with E-state index in [2.05, 4.69) is 15.5 Å². The molecule has 1 N–H and O–H groups in total. The van der Waals surface area contributed by atoms with Gasteiger partial charge < -0.3 is 19.9 Å². The number of halogens is 3. The molecule has 0 saturated heterocycles. The molecule has 2 heterocycles. The minimum Gasteiger partial charge on any atom is -0.492 e. The molecular weight excluding hydrogens is 587 g/mol. The Hall–Kier alpha value is -4.65. The zero-order chi connectivity index (χ0) is 32.9. The fraction of sp³-hybridized carbons (Fsp3) is 0.375. The maximum absolute atomic E-state index is 13.4. The number of alkyl halides is 3. The first-order valence-electron chi connectivity index (χ1n) is 14.3. The fourth-order valence-electron chi connectivity index (χ4n) is 4.54. The van der Waals surface area contributed by atoms with Crippen molar-refractivity contribution in [2.75, 3.05) is 41.3 Å². The summed E-state index contributed by atoms with van der Waals surface area (Å²) in [6.07, 6.45) is 1.64. The van der Waals surface area contributed by atoms with Gasteiger partial charge in [0.1, 0.15) is 25.4 Å². The molecule has 0 aliphatic carbocycles. The smallest absolute Gasteiger partial charge is 0.408 e. The number of carbonyl (C=O) groups is 2. The van der Waals surface area contributed by atoms with Crippen LogP contribution in [0.4, 0.5) is 13.2 Å². The van der Waals surface area contributed by atoms with Crippen LogP contribution in [0.15, 0.2) is 61.2 Å². The first-order chi connectivity index (χ1) is 21.2. The van der Waals surface area contributed by atoms with Crippen LogP contribution in [0.2, 0.25) is 0 Å². The zero-order valence-electron chi connectivity index (χ0n) is 26.2. The van der Waals surface area contributed by atoms with Gasteiger partial charge in [-0.05, 0) is 80.5 Å². The molecule has 0 aliphatic heterocycles. The number of amides is 2. The van der Waals surface area contributed by atoms with E-state index in [4.69, 9.17) is 4.74 Å². The van der Waals surface area contributed by atoms with E-state index in [9.17, 15) is 22.8 Å². The quantitative estimate of drug-likeness (QED) is 0.243. The second-order valence-corrected chi connectivity index (χ2v) is 11.4. The first kappa shape index (κ1) is 33.2. The molecule has 0 bridgehead atoms. The van der Waals surface area contributed by atoms with Crippen LogP contribution in [-0.4, -0.2) is 88.7 Å². The number of hydrogen-bond acceptors (Lipinski definition) is 6. The second kappa shape index (κ2) is 14.0. The van der Waals surface area contributed by atoms with Crippen LogP contribution in [0, 0.1) is 6.92 Å². The number of rotatable bonds is 12. The van der Waals surface area contributed by atoms with E-state index >= 15 is 0 Å². The van der Waals surface area contributed by atoms with Crippen LogP contribution in [0.5, 0.6) is 5.75 Å². The van der Waals surface area contributed by atoms with E-state index in [1.165, 1.54) is 22.0 Å². The number of aryl methyl sites for hydroxylation is 1. The van der Waals surface area contributed by atoms with E-state index in [1.54, 1.807) is 32.6 Å². The minimum absolute atomic E-state index is 0.0491. The van der Waals surface area contributed by atoms with Crippen molar-refractivity contribution in [3.8, 4) is 28.0 Å². The average Bonchev–Trinajstić information content (AvgIpc) is 3.62. The van der Waals surface area contributed by atoms with E-state index in [0.29, 0.717) is 45.7 Å². The normalized spacial score (nSPS) is 12.3. The minimum atomic E-state index is -4.42. The highest BCUT2D eigenvalue weighted by atomic mass is 19.4. The largest absolute Gasteiger partial charge is 0.492 e. The molecule has 1 atom stereocenters. The number of carbonyl (C=O) groups excluding carboxylic acids is 2. The summed E-state index contributed by atoms with van der Waals surface area (Å²) >= 11 is 0. The van der Waals surface area contributed by atoms with Crippen LogP contribution in [-0.2, 0) is 17.9 Å². The number of hydrogen-bond donors (Lipinski definition) is 1. The fourth-order valence-corrected chi connectivity index (χ4v) is 4.54. The predicted molar refractivity (Wildman–Crippen MR) is 165 cm³/mol. The van der Waals surface area contributed by atoms with E-state index < -0.39 is 18.8 Å². The molecule has 4 aromatic rings. The molecule has 10 nitrogen and oxygen atoms in total. The van der Waals surface area contributed by atoms with Crippen molar-refractivity contribution in [2.45, 2.75) is 39.2 Å². The van der Waals surface area contributed by atoms with E-state index in [-0.39, 0.29) is 18.4 Å². The average molecular weight is 626 g/mol. The number of ether oxygens (including phenoxy) is 1. The molecule has 0 aliphatic rings. The van der Waals surface area contributed by atoms with Crippen molar-refractivity contribution in [3.05, 3.63) is 77.9 Å². The SMILES string of the molecule is Cc1ccc(OCCN(C)C)cc1C(=O)N[C@H](C)c1cc(-c2cnn(CC(=O)N(C)C)c2)cc(-c2cnn(CC(F)(F)F)c2)c1. The van der Waals surface area contributed by atoms with Gasteiger partial charge >= 0.3 is 6.18 Å².